The smallest absolute Gasteiger partial charge is 0.423 e. The summed E-state index contributed by atoms with van der Waals surface area (Å²) in [4.78, 5) is 47.1. The number of fused-ring (bicyclic) bond motifs is 1. The fourth-order valence-corrected chi connectivity index (χ4v) is 6.81. The molecule has 6 N–H and O–H groups in total. The number of nitrogens with zero attached hydrogens (tertiary/aromatic N) is 5. The molecule has 3 amide bonds. The summed E-state index contributed by atoms with van der Waals surface area (Å²) in [6, 6.07) is 28.1. The van der Waals surface area contributed by atoms with Crippen molar-refractivity contribution >= 4 is 70.4 Å². The number of hydrogen-bond acceptors (Lipinski definition) is 9. The van der Waals surface area contributed by atoms with Gasteiger partial charge in [-0.05, 0) is 59.8 Å². The molecule has 0 bridgehead atoms. The Morgan fingerprint density at radius 1 is 0.842 bits per heavy atom. The van der Waals surface area contributed by atoms with Crippen LogP contribution in [0.5, 0.6) is 0 Å². The van der Waals surface area contributed by atoms with Crippen LogP contribution in [0.25, 0.3) is 22.3 Å². The minimum atomic E-state index is -1.48. The first kappa shape index (κ1) is 40.6. The quantitative estimate of drug-likeness (QED) is 0.0943. The van der Waals surface area contributed by atoms with E-state index in [4.69, 9.17) is 44.1 Å². The zero-order valence-corrected chi connectivity index (χ0v) is 32.2. The Bertz CT molecular complexity index is 2390. The number of carbonyl (C=O) groups excluding carboxylic acids is 3. The number of nitrogens with one attached hydrogen (secondary N) is 2. The molecule has 0 aliphatic carbocycles. The van der Waals surface area contributed by atoms with Gasteiger partial charge in [-0.1, -0.05) is 103 Å². The number of nitrogen functional groups attached to an aromatic ring is 1. The normalized spacial score (nSPS) is 13.6. The molecule has 0 radical (unpaired) electrons. The third-order valence-corrected chi connectivity index (χ3v) is 10.1. The topological polar surface area (TPSA) is 189 Å². The Kier molecular flexibility index (Phi) is 13.3. The van der Waals surface area contributed by atoms with Gasteiger partial charge >= 0.3 is 7.12 Å². The molecule has 290 valence electrons. The van der Waals surface area contributed by atoms with Crippen LogP contribution in [-0.2, 0) is 17.9 Å². The second-order valence-electron chi connectivity index (χ2n) is 13.2. The van der Waals surface area contributed by atoms with Gasteiger partial charge in [0.2, 0.25) is 5.91 Å². The molecular formula is C41H39BCl2N8O5. The minimum Gasteiger partial charge on any atom is -0.423 e. The van der Waals surface area contributed by atoms with Gasteiger partial charge in [0.15, 0.2) is 5.65 Å². The summed E-state index contributed by atoms with van der Waals surface area (Å²) in [6.45, 7) is 5.51. The van der Waals surface area contributed by atoms with Gasteiger partial charge in [0.05, 0.1) is 32.6 Å². The number of hydrogen-bond donors (Lipinski definition) is 5. The van der Waals surface area contributed by atoms with Crippen molar-refractivity contribution in [3.63, 3.8) is 0 Å². The molecule has 1 saturated heterocycles. The summed E-state index contributed by atoms with van der Waals surface area (Å²) in [5.41, 5.74) is 11.5. The number of benzene rings is 4. The van der Waals surface area contributed by atoms with Crippen molar-refractivity contribution in [2.24, 2.45) is 0 Å². The fourth-order valence-electron chi connectivity index (χ4n) is 6.37. The molecule has 4 aromatic carbocycles. The molecular weight excluding hydrogens is 766 g/mol. The third kappa shape index (κ3) is 9.85. The van der Waals surface area contributed by atoms with Crippen molar-refractivity contribution in [3.8, 4) is 11.3 Å². The third-order valence-electron chi connectivity index (χ3n) is 9.40. The van der Waals surface area contributed by atoms with Crippen molar-refractivity contribution in [2.45, 2.75) is 32.0 Å². The predicted molar refractivity (Wildman–Crippen MR) is 222 cm³/mol. The Hall–Kier alpha value is -6.06. The monoisotopic (exact) mass is 804 g/mol. The first-order chi connectivity index (χ1) is 27.5. The number of rotatable bonds is 10. The van der Waals surface area contributed by atoms with Gasteiger partial charge in [-0.15, -0.1) is 0 Å². The number of aromatic nitrogens is 4. The molecule has 6 aromatic rings. The Labute approximate surface area is 339 Å². The van der Waals surface area contributed by atoms with Crippen LogP contribution in [0.3, 0.4) is 0 Å². The summed E-state index contributed by atoms with van der Waals surface area (Å²) in [6.07, 6.45) is 4.49. The van der Waals surface area contributed by atoms with E-state index in [9.17, 15) is 14.4 Å². The van der Waals surface area contributed by atoms with E-state index in [2.05, 4.69) is 27.2 Å². The highest BCUT2D eigenvalue weighted by molar-refractivity contribution is 6.58. The van der Waals surface area contributed by atoms with E-state index in [1.54, 1.807) is 77.7 Å². The average molecular weight is 806 g/mol. The Morgan fingerprint density at radius 3 is 1.95 bits per heavy atom. The lowest BCUT2D eigenvalue weighted by Gasteiger charge is -2.32. The zero-order chi connectivity index (χ0) is 40.5. The maximum atomic E-state index is 12.5. The maximum absolute atomic E-state index is 12.5. The lowest BCUT2D eigenvalue weighted by atomic mass is 9.80. The van der Waals surface area contributed by atoms with Gasteiger partial charge in [0.25, 0.3) is 11.8 Å². The summed E-state index contributed by atoms with van der Waals surface area (Å²) < 4.78 is 1.86. The number of carbonyl (C=O) groups is 3. The minimum absolute atomic E-state index is 0.0394. The number of nitrogens with two attached hydrogens (primary N) is 1. The number of likely N-dealkylation sites (tertiary alicyclic amines) is 1. The zero-order valence-electron chi connectivity index (χ0n) is 30.7. The molecule has 1 atom stereocenters. The SMILES string of the molecule is C=CC(=O)N1CCC[C@@H](n2nc(-c3ccc(CNC(=O)c4ccccc4Cl)cc3)c3c(N)ncnc32)C1.O=C(NCc1ccc(B(O)O)cc1)c1ccccc1Cl. The van der Waals surface area contributed by atoms with E-state index in [-0.39, 0.29) is 23.8 Å². The van der Waals surface area contributed by atoms with Crippen molar-refractivity contribution in [1.82, 2.24) is 35.3 Å². The summed E-state index contributed by atoms with van der Waals surface area (Å²) in [5.74, 6) is -0.229. The van der Waals surface area contributed by atoms with Gasteiger partial charge < -0.3 is 31.3 Å². The van der Waals surface area contributed by atoms with Gasteiger partial charge in [-0.3, -0.25) is 14.4 Å². The van der Waals surface area contributed by atoms with Gasteiger partial charge in [-0.2, -0.15) is 5.10 Å². The molecule has 1 aliphatic rings. The van der Waals surface area contributed by atoms with Gasteiger partial charge in [0.1, 0.15) is 17.8 Å². The van der Waals surface area contributed by atoms with Gasteiger partial charge in [-0.25, -0.2) is 14.6 Å². The highest BCUT2D eigenvalue weighted by Crippen LogP contribution is 2.34. The molecule has 1 fully saturated rings. The van der Waals surface area contributed by atoms with Crippen LogP contribution in [0.1, 0.15) is 50.7 Å². The highest BCUT2D eigenvalue weighted by Gasteiger charge is 2.28. The molecule has 57 heavy (non-hydrogen) atoms. The van der Waals surface area contributed by atoms with Crippen molar-refractivity contribution in [2.75, 3.05) is 18.8 Å². The number of piperidine rings is 1. The second-order valence-corrected chi connectivity index (χ2v) is 14.0. The van der Waals surface area contributed by atoms with E-state index >= 15 is 0 Å². The second kappa shape index (κ2) is 18.7. The Morgan fingerprint density at radius 2 is 1.40 bits per heavy atom. The largest absolute Gasteiger partial charge is 0.488 e. The number of anilines is 1. The molecule has 1 aliphatic heterocycles. The van der Waals surface area contributed by atoms with E-state index in [0.29, 0.717) is 75.4 Å². The standard InChI is InChI=1S/C27H26ClN7O2.C14H13BClNO3/c1-2-22(36)34-13-5-6-19(15-34)35-26-23(25(29)31-16-32-26)24(33-35)18-11-9-17(10-12-18)14-30-27(37)20-7-3-4-8-21(20)28;16-13-4-2-1-3-12(13)14(18)17-9-10-5-7-11(8-6-10)15(19)20/h2-4,7-12,16,19H,1,5-6,13-15H2,(H,30,37)(H2,29,31,32);1-8,19-20H,9H2,(H,17,18)/t19-;/m1./s1. The lowest BCUT2D eigenvalue weighted by Crippen LogP contribution is -2.40. The Balaban J connectivity index is 0.000000232. The molecule has 2 aromatic heterocycles. The van der Waals surface area contributed by atoms with Crippen molar-refractivity contribution in [3.05, 3.63) is 148 Å². The van der Waals surface area contributed by atoms with Crippen LogP contribution < -0.4 is 21.8 Å². The number of amides is 3. The summed E-state index contributed by atoms with van der Waals surface area (Å²) in [7, 11) is -1.48. The molecule has 0 spiro atoms. The fraction of sp³-hybridized carbons (Fsp3) is 0.171. The first-order valence-corrected chi connectivity index (χ1v) is 18.8. The molecule has 13 nitrogen and oxygen atoms in total. The van der Waals surface area contributed by atoms with Crippen LogP contribution in [0.4, 0.5) is 5.82 Å². The summed E-state index contributed by atoms with van der Waals surface area (Å²) in [5, 5.41) is 30.0. The summed E-state index contributed by atoms with van der Waals surface area (Å²) >= 11 is 12.1. The lowest BCUT2D eigenvalue weighted by molar-refractivity contribution is -0.127. The maximum Gasteiger partial charge on any atom is 0.488 e. The van der Waals surface area contributed by atoms with E-state index in [1.807, 2.05) is 28.9 Å². The highest BCUT2D eigenvalue weighted by atomic mass is 35.5. The van der Waals surface area contributed by atoms with E-state index in [1.165, 1.54) is 12.4 Å². The molecule has 7 rings (SSSR count). The average Bonchev–Trinajstić information content (AvgIpc) is 3.63. The van der Waals surface area contributed by atoms with Crippen molar-refractivity contribution < 1.29 is 24.4 Å². The van der Waals surface area contributed by atoms with E-state index in [0.717, 1.165) is 29.5 Å². The molecule has 0 unspecified atom stereocenters. The predicted octanol–water partition coefficient (Wildman–Crippen LogP) is 4.96. The molecule has 3 heterocycles. The van der Waals surface area contributed by atoms with Crippen molar-refractivity contribution in [1.29, 1.82) is 0 Å². The first-order valence-electron chi connectivity index (χ1n) is 18.0. The van der Waals surface area contributed by atoms with Crippen LogP contribution in [0.2, 0.25) is 10.0 Å². The molecule has 0 saturated carbocycles. The van der Waals surface area contributed by atoms with Crippen LogP contribution in [-0.4, -0.2) is 72.6 Å². The van der Waals surface area contributed by atoms with Crippen LogP contribution in [0.15, 0.2) is 116 Å². The van der Waals surface area contributed by atoms with Gasteiger partial charge in [0, 0.05) is 31.7 Å². The van der Waals surface area contributed by atoms with E-state index < -0.39 is 7.12 Å². The molecule has 16 heteroatoms. The number of halogens is 2. The van der Waals surface area contributed by atoms with Crippen LogP contribution >= 0.6 is 23.2 Å². The van der Waals surface area contributed by atoms with Crippen LogP contribution in [0, 0.1) is 0 Å².